The summed E-state index contributed by atoms with van der Waals surface area (Å²) in [5.41, 5.74) is 6.20. The van der Waals surface area contributed by atoms with Gasteiger partial charge in [0.2, 0.25) is 0 Å². The molecule has 1 N–H and O–H groups in total. The molecule has 0 amide bonds. The van der Waals surface area contributed by atoms with Crippen LogP contribution in [0.15, 0.2) is 84.9 Å². The molecule has 3 nitrogen and oxygen atoms in total. The third kappa shape index (κ3) is 1.97. The minimum absolute atomic E-state index is 0.670. The summed E-state index contributed by atoms with van der Waals surface area (Å²) in [6.45, 7) is 0. The summed E-state index contributed by atoms with van der Waals surface area (Å²) in [6, 6.07) is 31.5. The van der Waals surface area contributed by atoms with Crippen LogP contribution in [-0.2, 0) is 0 Å². The summed E-state index contributed by atoms with van der Waals surface area (Å²) in [7, 11) is 0. The first-order valence-corrected chi connectivity index (χ1v) is 9.28. The van der Waals surface area contributed by atoms with Crippen LogP contribution in [0, 0.1) is 11.3 Å². The van der Waals surface area contributed by atoms with E-state index >= 15 is 0 Å². The van der Waals surface area contributed by atoms with E-state index < -0.39 is 0 Å². The number of H-pyrrole nitrogens is 1. The van der Waals surface area contributed by atoms with E-state index in [1.807, 2.05) is 18.2 Å². The Hall–Kier alpha value is -4.03. The van der Waals surface area contributed by atoms with Crippen LogP contribution >= 0.6 is 0 Å². The van der Waals surface area contributed by atoms with Crippen LogP contribution < -0.4 is 0 Å². The largest absolute Gasteiger partial charge is 0.354 e. The average molecular weight is 357 g/mol. The Kier molecular flexibility index (Phi) is 2.95. The summed E-state index contributed by atoms with van der Waals surface area (Å²) in [4.78, 5) is 3.53. The van der Waals surface area contributed by atoms with E-state index in [-0.39, 0.29) is 0 Å². The molecule has 6 rings (SSSR count). The highest BCUT2D eigenvalue weighted by Gasteiger charge is 2.13. The Bertz CT molecular complexity index is 1570. The molecule has 0 fully saturated rings. The normalized spacial score (nSPS) is 11.5. The summed E-state index contributed by atoms with van der Waals surface area (Å²) in [5.74, 6) is 0. The number of fused-ring (bicyclic) bond motifs is 6. The molecule has 0 bridgehead atoms. The van der Waals surface area contributed by atoms with Crippen LogP contribution in [0.4, 0.5) is 0 Å². The maximum atomic E-state index is 9.39. The van der Waals surface area contributed by atoms with Crippen LogP contribution in [0.2, 0.25) is 0 Å². The van der Waals surface area contributed by atoms with Crippen LogP contribution in [0.3, 0.4) is 0 Å². The zero-order valence-corrected chi connectivity index (χ0v) is 15.0. The highest BCUT2D eigenvalue weighted by Crippen LogP contribution is 2.34. The molecule has 2 heterocycles. The maximum Gasteiger partial charge on any atom is 0.0992 e. The molecule has 6 aromatic rings. The number of hydrogen-bond acceptors (Lipinski definition) is 1. The molecular weight excluding hydrogens is 342 g/mol. The molecule has 2 aromatic heterocycles. The van der Waals surface area contributed by atoms with Gasteiger partial charge in [-0.2, -0.15) is 5.26 Å². The fourth-order valence-corrected chi connectivity index (χ4v) is 4.30. The van der Waals surface area contributed by atoms with Gasteiger partial charge in [-0.15, -0.1) is 0 Å². The monoisotopic (exact) mass is 357 g/mol. The van der Waals surface area contributed by atoms with Crippen LogP contribution in [0.1, 0.15) is 5.56 Å². The van der Waals surface area contributed by atoms with Gasteiger partial charge in [0.15, 0.2) is 0 Å². The predicted molar refractivity (Wildman–Crippen MR) is 115 cm³/mol. The smallest absolute Gasteiger partial charge is 0.0992 e. The van der Waals surface area contributed by atoms with Crippen molar-refractivity contribution in [2.24, 2.45) is 0 Å². The lowest BCUT2D eigenvalue weighted by molar-refractivity contribution is 1.18. The zero-order valence-electron chi connectivity index (χ0n) is 15.0. The van der Waals surface area contributed by atoms with E-state index in [0.717, 1.165) is 33.1 Å². The van der Waals surface area contributed by atoms with Crippen molar-refractivity contribution in [3.63, 3.8) is 0 Å². The molecule has 0 saturated carbocycles. The molecular formula is C25H15N3. The number of hydrogen-bond donors (Lipinski definition) is 1. The fourth-order valence-electron chi connectivity index (χ4n) is 4.30. The van der Waals surface area contributed by atoms with Crippen LogP contribution in [0.25, 0.3) is 49.3 Å². The minimum atomic E-state index is 0.670. The maximum absolute atomic E-state index is 9.39. The Balaban J connectivity index is 1.73. The van der Waals surface area contributed by atoms with Crippen molar-refractivity contribution in [1.29, 1.82) is 5.26 Å². The van der Waals surface area contributed by atoms with Gasteiger partial charge in [-0.3, -0.25) is 0 Å². The summed E-state index contributed by atoms with van der Waals surface area (Å²) in [6.07, 6.45) is 0. The molecule has 0 radical (unpaired) electrons. The van der Waals surface area contributed by atoms with Crippen molar-refractivity contribution in [1.82, 2.24) is 9.55 Å². The standard InChI is InChI=1S/C25H15N3/c26-15-16-9-11-21-20-6-2-4-8-24(20)28(25(21)13-16)17-10-12-19-18-5-1-3-7-22(18)27-23(19)14-17/h1-14,27H. The third-order valence-corrected chi connectivity index (χ3v) is 5.55. The number of nitriles is 1. The molecule has 0 aliphatic rings. The molecule has 4 aromatic carbocycles. The van der Waals surface area contributed by atoms with E-state index in [4.69, 9.17) is 0 Å². The molecule has 130 valence electrons. The SMILES string of the molecule is N#Cc1ccc2c3ccccc3n(-c3ccc4c(c3)[nH]c3ccccc34)c2c1. The van der Waals surface area contributed by atoms with Crippen LogP contribution in [0.5, 0.6) is 0 Å². The Labute approximate surface area is 161 Å². The number of nitrogens with zero attached hydrogens (tertiary/aromatic N) is 2. The lowest BCUT2D eigenvalue weighted by Gasteiger charge is -2.08. The quantitative estimate of drug-likeness (QED) is 0.369. The number of aromatic nitrogens is 2. The number of benzene rings is 4. The molecule has 28 heavy (non-hydrogen) atoms. The third-order valence-electron chi connectivity index (χ3n) is 5.55. The number of rotatable bonds is 1. The van der Waals surface area contributed by atoms with Crippen molar-refractivity contribution < 1.29 is 0 Å². The molecule has 0 aliphatic carbocycles. The van der Waals surface area contributed by atoms with Gasteiger partial charge in [0.25, 0.3) is 0 Å². The van der Waals surface area contributed by atoms with Crippen molar-refractivity contribution in [2.45, 2.75) is 0 Å². The van der Waals surface area contributed by atoms with Gasteiger partial charge in [-0.1, -0.05) is 48.5 Å². The first-order chi connectivity index (χ1) is 13.8. The Morgan fingerprint density at radius 2 is 1.36 bits per heavy atom. The van der Waals surface area contributed by atoms with Crippen LogP contribution in [-0.4, -0.2) is 9.55 Å². The number of aromatic amines is 1. The summed E-state index contributed by atoms with van der Waals surface area (Å²) < 4.78 is 2.25. The summed E-state index contributed by atoms with van der Waals surface area (Å²) >= 11 is 0. The molecule has 0 aliphatic heterocycles. The van der Waals surface area contributed by atoms with E-state index in [0.29, 0.717) is 5.56 Å². The van der Waals surface area contributed by atoms with Crippen molar-refractivity contribution >= 4 is 43.6 Å². The van der Waals surface area contributed by atoms with E-state index in [2.05, 4.69) is 82.4 Å². The highest BCUT2D eigenvalue weighted by molar-refractivity contribution is 6.11. The molecule has 0 saturated heterocycles. The van der Waals surface area contributed by atoms with Crippen molar-refractivity contribution in [3.8, 4) is 11.8 Å². The second-order valence-electron chi connectivity index (χ2n) is 7.10. The zero-order chi connectivity index (χ0) is 18.7. The van der Waals surface area contributed by atoms with Crippen molar-refractivity contribution in [3.05, 3.63) is 90.5 Å². The highest BCUT2D eigenvalue weighted by atomic mass is 15.0. The first kappa shape index (κ1) is 15.1. The lowest BCUT2D eigenvalue weighted by Crippen LogP contribution is -1.93. The number of para-hydroxylation sites is 2. The van der Waals surface area contributed by atoms with Gasteiger partial charge in [0, 0.05) is 38.3 Å². The van der Waals surface area contributed by atoms with Gasteiger partial charge in [0.1, 0.15) is 0 Å². The first-order valence-electron chi connectivity index (χ1n) is 9.28. The van der Waals surface area contributed by atoms with Gasteiger partial charge in [-0.05, 0) is 36.4 Å². The van der Waals surface area contributed by atoms with E-state index in [1.54, 1.807) is 0 Å². The Morgan fingerprint density at radius 3 is 2.25 bits per heavy atom. The predicted octanol–water partition coefficient (Wildman–Crippen LogP) is 6.29. The molecule has 0 unspecified atom stereocenters. The lowest BCUT2D eigenvalue weighted by atomic mass is 10.1. The Morgan fingerprint density at radius 1 is 0.643 bits per heavy atom. The fraction of sp³-hybridized carbons (Fsp3) is 0. The van der Waals surface area contributed by atoms with Gasteiger partial charge in [0.05, 0.1) is 22.7 Å². The van der Waals surface area contributed by atoms with Gasteiger partial charge < -0.3 is 9.55 Å². The molecule has 0 atom stereocenters. The van der Waals surface area contributed by atoms with Gasteiger partial charge >= 0.3 is 0 Å². The second-order valence-corrected chi connectivity index (χ2v) is 7.10. The van der Waals surface area contributed by atoms with E-state index in [1.165, 1.54) is 16.2 Å². The minimum Gasteiger partial charge on any atom is -0.354 e. The average Bonchev–Trinajstić information content (AvgIpc) is 3.28. The van der Waals surface area contributed by atoms with Gasteiger partial charge in [-0.25, -0.2) is 0 Å². The second kappa shape index (κ2) is 5.48. The topological polar surface area (TPSA) is 44.5 Å². The van der Waals surface area contributed by atoms with E-state index in [9.17, 15) is 5.26 Å². The molecule has 0 spiro atoms. The molecule has 3 heteroatoms. The number of nitrogens with one attached hydrogen (secondary N) is 1. The van der Waals surface area contributed by atoms with Crippen molar-refractivity contribution in [2.75, 3.05) is 0 Å². The summed E-state index contributed by atoms with van der Waals surface area (Å²) in [5, 5.41) is 14.2.